The Bertz CT molecular complexity index is 265. The molecular formula is C14H24O2. The first-order valence-corrected chi connectivity index (χ1v) is 4.65. The third-order valence-corrected chi connectivity index (χ3v) is 1.92. The van der Waals surface area contributed by atoms with Gasteiger partial charge in [0.15, 0.2) is 0 Å². The molecule has 0 N–H and O–H groups in total. The van der Waals surface area contributed by atoms with Gasteiger partial charge >= 0.3 is 0 Å². The van der Waals surface area contributed by atoms with E-state index in [9.17, 15) is 0 Å². The first-order chi connectivity index (χ1) is 6.86. The predicted octanol–water partition coefficient (Wildman–Crippen LogP) is 3.76. The zero-order valence-electron chi connectivity index (χ0n) is 8.53. The van der Waals surface area contributed by atoms with Crippen LogP contribution in [0.1, 0.15) is 26.0 Å². The van der Waals surface area contributed by atoms with Gasteiger partial charge in [-0.2, -0.15) is 0 Å². The van der Waals surface area contributed by atoms with Gasteiger partial charge in [0.25, 0.3) is 0 Å². The molecule has 0 spiro atoms. The number of benzene rings is 1. The molecule has 1 aromatic carbocycles. The Morgan fingerprint density at radius 1 is 1.12 bits per heavy atom. The summed E-state index contributed by atoms with van der Waals surface area (Å²) in [6, 6.07) is 8.15. The molecule has 0 aliphatic carbocycles. The zero-order valence-corrected chi connectivity index (χ0v) is 8.53. The van der Waals surface area contributed by atoms with E-state index in [0.717, 1.165) is 5.56 Å². The van der Waals surface area contributed by atoms with Gasteiger partial charge in [-0.1, -0.05) is 51.8 Å². The lowest BCUT2D eigenvalue weighted by Crippen LogP contribution is -2.01. The van der Waals surface area contributed by atoms with E-state index in [1.165, 1.54) is 5.56 Å². The lowest BCUT2D eigenvalue weighted by Gasteiger charge is -2.03. The van der Waals surface area contributed by atoms with E-state index < -0.39 is 0 Å². The molecule has 0 aliphatic heterocycles. The van der Waals surface area contributed by atoms with Gasteiger partial charge in [-0.05, 0) is 11.1 Å². The van der Waals surface area contributed by atoms with Crippen LogP contribution in [0, 0.1) is 0 Å². The van der Waals surface area contributed by atoms with Gasteiger partial charge in [-0.15, -0.1) is 0 Å². The normalized spacial score (nSPS) is 8.81. The minimum atomic E-state index is 0. The minimum Gasteiger partial charge on any atom is -0.382 e. The molecule has 0 heterocycles. The van der Waals surface area contributed by atoms with Gasteiger partial charge in [-0.25, -0.2) is 0 Å². The van der Waals surface area contributed by atoms with Gasteiger partial charge < -0.3 is 9.47 Å². The maximum atomic E-state index is 5.38. The quantitative estimate of drug-likeness (QED) is 0.685. The fourth-order valence-corrected chi connectivity index (χ4v) is 1.08. The standard InChI is InChI=1S/C12H16O2.2CH4/c1-3-11-4-6-12(7-5-11)10-14-9-8-13-2;;/h3-7H,1,8-10H2,2H3;2*1H4. The number of ether oxygens (including phenoxy) is 2. The Morgan fingerprint density at radius 3 is 2.25 bits per heavy atom. The topological polar surface area (TPSA) is 18.5 Å². The summed E-state index contributed by atoms with van der Waals surface area (Å²) in [4.78, 5) is 0. The summed E-state index contributed by atoms with van der Waals surface area (Å²) in [5, 5.41) is 0. The Hall–Kier alpha value is -1.12. The van der Waals surface area contributed by atoms with E-state index in [0.29, 0.717) is 19.8 Å². The summed E-state index contributed by atoms with van der Waals surface area (Å²) in [7, 11) is 1.67. The summed E-state index contributed by atoms with van der Waals surface area (Å²) in [5.41, 5.74) is 2.30. The Kier molecular flexibility index (Phi) is 11.2. The first kappa shape index (κ1) is 17.3. The molecule has 0 unspecified atom stereocenters. The molecule has 0 radical (unpaired) electrons. The molecule has 2 nitrogen and oxygen atoms in total. The van der Waals surface area contributed by atoms with Crippen molar-refractivity contribution >= 4 is 6.08 Å². The highest BCUT2D eigenvalue weighted by Gasteiger charge is 1.92. The maximum absolute atomic E-state index is 5.38. The summed E-state index contributed by atoms with van der Waals surface area (Å²) >= 11 is 0. The zero-order chi connectivity index (χ0) is 10.2. The van der Waals surface area contributed by atoms with E-state index in [1.54, 1.807) is 7.11 Å². The summed E-state index contributed by atoms with van der Waals surface area (Å²) < 4.78 is 10.3. The van der Waals surface area contributed by atoms with Crippen LogP contribution in [-0.2, 0) is 16.1 Å². The van der Waals surface area contributed by atoms with Crippen LogP contribution in [0.15, 0.2) is 30.8 Å². The van der Waals surface area contributed by atoms with E-state index in [1.807, 2.05) is 30.3 Å². The van der Waals surface area contributed by atoms with Crippen molar-refractivity contribution in [2.24, 2.45) is 0 Å². The average molecular weight is 224 g/mol. The predicted molar refractivity (Wildman–Crippen MR) is 71.5 cm³/mol. The SMILES string of the molecule is C.C.C=Cc1ccc(COCCOC)cc1. The van der Waals surface area contributed by atoms with E-state index in [2.05, 4.69) is 6.58 Å². The molecule has 92 valence electrons. The highest BCUT2D eigenvalue weighted by Crippen LogP contribution is 2.06. The fourth-order valence-electron chi connectivity index (χ4n) is 1.08. The van der Waals surface area contributed by atoms with Crippen LogP contribution < -0.4 is 0 Å². The van der Waals surface area contributed by atoms with Crippen LogP contribution >= 0.6 is 0 Å². The van der Waals surface area contributed by atoms with E-state index in [-0.39, 0.29) is 14.9 Å². The van der Waals surface area contributed by atoms with Crippen molar-refractivity contribution in [1.29, 1.82) is 0 Å². The van der Waals surface area contributed by atoms with Crippen LogP contribution in [-0.4, -0.2) is 20.3 Å². The average Bonchev–Trinajstić information content (AvgIpc) is 2.25. The molecule has 1 rings (SSSR count). The first-order valence-electron chi connectivity index (χ1n) is 4.65. The lowest BCUT2D eigenvalue weighted by molar-refractivity contribution is 0.0616. The van der Waals surface area contributed by atoms with E-state index in [4.69, 9.17) is 9.47 Å². The Labute approximate surface area is 99.9 Å². The Balaban J connectivity index is 0. The van der Waals surface area contributed by atoms with Crippen LogP contribution in [0.2, 0.25) is 0 Å². The van der Waals surface area contributed by atoms with Crippen molar-refractivity contribution < 1.29 is 9.47 Å². The summed E-state index contributed by atoms with van der Waals surface area (Å²) in [6.45, 7) is 5.62. The highest BCUT2D eigenvalue weighted by atomic mass is 16.5. The van der Waals surface area contributed by atoms with Gasteiger partial charge in [0.05, 0.1) is 19.8 Å². The summed E-state index contributed by atoms with van der Waals surface area (Å²) in [5.74, 6) is 0. The van der Waals surface area contributed by atoms with Gasteiger partial charge in [0.2, 0.25) is 0 Å². The van der Waals surface area contributed by atoms with E-state index >= 15 is 0 Å². The number of methoxy groups -OCH3 is 1. The molecule has 0 bridgehead atoms. The third-order valence-electron chi connectivity index (χ3n) is 1.92. The van der Waals surface area contributed by atoms with Crippen molar-refractivity contribution in [1.82, 2.24) is 0 Å². The molecule has 0 saturated carbocycles. The van der Waals surface area contributed by atoms with Crippen molar-refractivity contribution in [2.45, 2.75) is 21.5 Å². The number of rotatable bonds is 6. The van der Waals surface area contributed by atoms with Gasteiger partial charge in [0, 0.05) is 7.11 Å². The second-order valence-corrected chi connectivity index (χ2v) is 2.99. The van der Waals surface area contributed by atoms with Crippen molar-refractivity contribution in [3.05, 3.63) is 42.0 Å². The fraction of sp³-hybridized carbons (Fsp3) is 0.429. The maximum Gasteiger partial charge on any atom is 0.0718 e. The molecule has 0 fully saturated rings. The molecule has 0 aliphatic rings. The van der Waals surface area contributed by atoms with Gasteiger partial charge in [0.1, 0.15) is 0 Å². The van der Waals surface area contributed by atoms with Crippen LogP contribution in [0.25, 0.3) is 6.08 Å². The van der Waals surface area contributed by atoms with Crippen LogP contribution in [0.5, 0.6) is 0 Å². The largest absolute Gasteiger partial charge is 0.382 e. The third kappa shape index (κ3) is 6.38. The monoisotopic (exact) mass is 224 g/mol. The highest BCUT2D eigenvalue weighted by molar-refractivity contribution is 5.47. The molecule has 2 heteroatoms. The van der Waals surface area contributed by atoms with Crippen LogP contribution in [0.3, 0.4) is 0 Å². The minimum absolute atomic E-state index is 0. The Morgan fingerprint density at radius 2 is 1.75 bits per heavy atom. The van der Waals surface area contributed by atoms with Gasteiger partial charge in [-0.3, -0.25) is 0 Å². The van der Waals surface area contributed by atoms with Crippen LogP contribution in [0.4, 0.5) is 0 Å². The molecule has 0 atom stereocenters. The molecule has 1 aromatic rings. The van der Waals surface area contributed by atoms with Crippen molar-refractivity contribution in [3.8, 4) is 0 Å². The molecule has 0 amide bonds. The lowest BCUT2D eigenvalue weighted by atomic mass is 10.1. The molecular weight excluding hydrogens is 200 g/mol. The second kappa shape index (κ2) is 10.4. The number of hydrogen-bond donors (Lipinski definition) is 0. The second-order valence-electron chi connectivity index (χ2n) is 2.99. The number of hydrogen-bond acceptors (Lipinski definition) is 2. The summed E-state index contributed by atoms with van der Waals surface area (Å²) in [6.07, 6.45) is 1.83. The smallest absolute Gasteiger partial charge is 0.0718 e. The molecule has 16 heavy (non-hydrogen) atoms. The van der Waals surface area contributed by atoms with Crippen molar-refractivity contribution in [3.63, 3.8) is 0 Å². The van der Waals surface area contributed by atoms with Crippen molar-refractivity contribution in [2.75, 3.05) is 20.3 Å². The molecule has 0 saturated heterocycles. The molecule has 0 aromatic heterocycles.